The minimum absolute atomic E-state index is 0.510. The third kappa shape index (κ3) is 1.04. The summed E-state index contributed by atoms with van der Waals surface area (Å²) in [6.45, 7) is 0.510. The van der Waals surface area contributed by atoms with E-state index >= 15 is 0 Å². The van der Waals surface area contributed by atoms with Crippen LogP contribution in [0.5, 0.6) is 0 Å². The first-order chi connectivity index (χ1) is 5.92. The number of hydrogen-bond acceptors (Lipinski definition) is 3. The Morgan fingerprint density at radius 2 is 2.08 bits per heavy atom. The molecule has 0 saturated carbocycles. The van der Waals surface area contributed by atoms with Crippen molar-refractivity contribution in [2.45, 2.75) is 6.54 Å². The van der Waals surface area contributed by atoms with Crippen LogP contribution in [0.25, 0.3) is 10.8 Å². The molecule has 0 aliphatic rings. The van der Waals surface area contributed by atoms with Gasteiger partial charge in [0.1, 0.15) is 0 Å². The zero-order chi connectivity index (χ0) is 8.39. The Balaban J connectivity index is 2.79. The molecule has 0 aliphatic heterocycles. The molecule has 2 heterocycles. The molecule has 3 nitrogen and oxygen atoms in total. The van der Waals surface area contributed by atoms with Crippen LogP contribution in [0.4, 0.5) is 0 Å². The fourth-order valence-electron chi connectivity index (χ4n) is 1.23. The van der Waals surface area contributed by atoms with E-state index in [1.165, 1.54) is 0 Å². The number of hydrogen-bond donors (Lipinski definition) is 1. The van der Waals surface area contributed by atoms with Crippen molar-refractivity contribution in [3.8, 4) is 0 Å². The SMILES string of the molecule is NCc1cncc2ccncc12. The van der Waals surface area contributed by atoms with Crippen molar-refractivity contribution in [2.75, 3.05) is 0 Å². The summed E-state index contributed by atoms with van der Waals surface area (Å²) in [6.07, 6.45) is 7.17. The summed E-state index contributed by atoms with van der Waals surface area (Å²) < 4.78 is 0. The molecule has 0 radical (unpaired) electrons. The molecule has 3 heteroatoms. The summed E-state index contributed by atoms with van der Waals surface area (Å²) >= 11 is 0. The van der Waals surface area contributed by atoms with E-state index in [0.717, 1.165) is 16.3 Å². The van der Waals surface area contributed by atoms with Gasteiger partial charge < -0.3 is 5.73 Å². The minimum Gasteiger partial charge on any atom is -0.326 e. The first kappa shape index (κ1) is 7.18. The molecular weight excluding hydrogens is 150 g/mol. The summed E-state index contributed by atoms with van der Waals surface area (Å²) in [4.78, 5) is 8.11. The van der Waals surface area contributed by atoms with Crippen molar-refractivity contribution in [3.63, 3.8) is 0 Å². The van der Waals surface area contributed by atoms with Gasteiger partial charge in [0.05, 0.1) is 0 Å². The summed E-state index contributed by atoms with van der Waals surface area (Å²) in [7, 11) is 0. The Labute approximate surface area is 70.3 Å². The second-order valence-electron chi connectivity index (χ2n) is 2.60. The van der Waals surface area contributed by atoms with Gasteiger partial charge in [0.25, 0.3) is 0 Å². The highest BCUT2D eigenvalue weighted by Crippen LogP contribution is 2.14. The molecule has 2 aromatic rings. The van der Waals surface area contributed by atoms with Crippen LogP contribution in [0.15, 0.2) is 30.9 Å². The van der Waals surface area contributed by atoms with E-state index in [1.807, 2.05) is 18.5 Å². The molecule has 0 fully saturated rings. The Morgan fingerprint density at radius 1 is 1.17 bits per heavy atom. The second kappa shape index (κ2) is 2.87. The predicted octanol–water partition coefficient (Wildman–Crippen LogP) is 1.09. The van der Waals surface area contributed by atoms with Gasteiger partial charge in [0.15, 0.2) is 0 Å². The zero-order valence-electron chi connectivity index (χ0n) is 6.57. The standard InChI is InChI=1S/C9H9N3/c10-3-8-5-12-4-7-1-2-11-6-9(7)8/h1-2,4-6H,3,10H2. The predicted molar refractivity (Wildman–Crippen MR) is 47.4 cm³/mol. The smallest absolute Gasteiger partial charge is 0.0350 e. The number of rotatable bonds is 1. The van der Waals surface area contributed by atoms with Crippen LogP contribution >= 0.6 is 0 Å². The number of fused-ring (bicyclic) bond motifs is 1. The molecule has 0 atom stereocenters. The highest BCUT2D eigenvalue weighted by atomic mass is 14.7. The normalized spacial score (nSPS) is 10.4. The minimum atomic E-state index is 0.510. The van der Waals surface area contributed by atoms with E-state index in [4.69, 9.17) is 5.73 Å². The largest absolute Gasteiger partial charge is 0.326 e. The van der Waals surface area contributed by atoms with Gasteiger partial charge in [-0.3, -0.25) is 9.97 Å². The fourth-order valence-corrected chi connectivity index (χ4v) is 1.23. The van der Waals surface area contributed by atoms with Gasteiger partial charge >= 0.3 is 0 Å². The van der Waals surface area contributed by atoms with E-state index in [0.29, 0.717) is 6.54 Å². The Morgan fingerprint density at radius 3 is 2.92 bits per heavy atom. The van der Waals surface area contributed by atoms with Gasteiger partial charge in [-0.15, -0.1) is 0 Å². The van der Waals surface area contributed by atoms with Crippen molar-refractivity contribution >= 4 is 10.8 Å². The lowest BCUT2D eigenvalue weighted by Gasteiger charge is -2.00. The molecule has 0 spiro atoms. The molecule has 60 valence electrons. The van der Waals surface area contributed by atoms with Gasteiger partial charge in [-0.2, -0.15) is 0 Å². The summed E-state index contributed by atoms with van der Waals surface area (Å²) in [5.74, 6) is 0. The highest BCUT2D eigenvalue weighted by Gasteiger charge is 1.97. The number of nitrogens with zero attached hydrogens (tertiary/aromatic N) is 2. The maximum atomic E-state index is 5.55. The van der Waals surface area contributed by atoms with Crippen LogP contribution in [-0.2, 0) is 6.54 Å². The maximum absolute atomic E-state index is 5.55. The van der Waals surface area contributed by atoms with Gasteiger partial charge in [-0.25, -0.2) is 0 Å². The average molecular weight is 159 g/mol. The molecule has 0 bridgehead atoms. The lowest BCUT2D eigenvalue weighted by molar-refractivity contribution is 1.06. The molecule has 0 aromatic carbocycles. The van der Waals surface area contributed by atoms with Gasteiger partial charge in [-0.1, -0.05) is 0 Å². The van der Waals surface area contributed by atoms with E-state index < -0.39 is 0 Å². The van der Waals surface area contributed by atoms with Crippen LogP contribution in [0.2, 0.25) is 0 Å². The van der Waals surface area contributed by atoms with Crippen molar-refractivity contribution in [3.05, 3.63) is 36.4 Å². The van der Waals surface area contributed by atoms with Crippen molar-refractivity contribution in [2.24, 2.45) is 5.73 Å². The molecule has 0 amide bonds. The monoisotopic (exact) mass is 159 g/mol. The summed E-state index contributed by atoms with van der Waals surface area (Å²) in [5.41, 5.74) is 6.59. The van der Waals surface area contributed by atoms with Crippen LogP contribution in [-0.4, -0.2) is 9.97 Å². The van der Waals surface area contributed by atoms with Crippen molar-refractivity contribution in [1.82, 2.24) is 9.97 Å². The Hall–Kier alpha value is -1.48. The third-order valence-corrected chi connectivity index (χ3v) is 1.86. The summed E-state index contributed by atoms with van der Waals surface area (Å²) in [5, 5.41) is 2.18. The molecule has 2 N–H and O–H groups in total. The van der Waals surface area contributed by atoms with E-state index in [-0.39, 0.29) is 0 Å². The highest BCUT2D eigenvalue weighted by molar-refractivity contribution is 5.83. The second-order valence-corrected chi connectivity index (χ2v) is 2.60. The van der Waals surface area contributed by atoms with Crippen LogP contribution in [0.1, 0.15) is 5.56 Å². The molecule has 2 aromatic heterocycles. The van der Waals surface area contributed by atoms with Gasteiger partial charge in [0.2, 0.25) is 0 Å². The molecule has 0 aliphatic carbocycles. The Kier molecular flexibility index (Phi) is 1.72. The average Bonchev–Trinajstić information content (AvgIpc) is 2.17. The van der Waals surface area contributed by atoms with E-state index in [1.54, 1.807) is 12.4 Å². The fraction of sp³-hybridized carbons (Fsp3) is 0.111. The molecule has 0 unspecified atom stereocenters. The lowest BCUT2D eigenvalue weighted by atomic mass is 10.1. The van der Waals surface area contributed by atoms with E-state index in [2.05, 4.69) is 9.97 Å². The number of nitrogens with two attached hydrogens (primary N) is 1. The molecular formula is C9H9N3. The first-order valence-corrected chi connectivity index (χ1v) is 3.78. The topological polar surface area (TPSA) is 51.8 Å². The van der Waals surface area contributed by atoms with E-state index in [9.17, 15) is 0 Å². The first-order valence-electron chi connectivity index (χ1n) is 3.78. The van der Waals surface area contributed by atoms with Crippen LogP contribution in [0.3, 0.4) is 0 Å². The van der Waals surface area contributed by atoms with Crippen LogP contribution < -0.4 is 5.73 Å². The number of pyridine rings is 2. The molecule has 12 heavy (non-hydrogen) atoms. The Bertz CT molecular complexity index is 392. The molecule has 2 rings (SSSR count). The quantitative estimate of drug-likeness (QED) is 0.677. The molecule has 0 saturated heterocycles. The maximum Gasteiger partial charge on any atom is 0.0350 e. The van der Waals surface area contributed by atoms with Crippen molar-refractivity contribution < 1.29 is 0 Å². The van der Waals surface area contributed by atoms with Gasteiger partial charge in [-0.05, 0) is 11.6 Å². The zero-order valence-corrected chi connectivity index (χ0v) is 6.57. The summed E-state index contributed by atoms with van der Waals surface area (Å²) in [6, 6.07) is 1.93. The van der Waals surface area contributed by atoms with Crippen LogP contribution in [0, 0.1) is 0 Å². The van der Waals surface area contributed by atoms with Crippen molar-refractivity contribution in [1.29, 1.82) is 0 Å². The lowest BCUT2D eigenvalue weighted by Crippen LogP contribution is -1.97. The third-order valence-electron chi connectivity index (χ3n) is 1.86. The number of aromatic nitrogens is 2. The van der Waals surface area contributed by atoms with Gasteiger partial charge in [0, 0.05) is 42.1 Å².